The van der Waals surface area contributed by atoms with Crippen LogP contribution in [-0.4, -0.2) is 29.8 Å². The zero-order valence-electron chi connectivity index (χ0n) is 10.3. The van der Waals surface area contributed by atoms with Crippen molar-refractivity contribution in [2.75, 3.05) is 19.7 Å². The van der Waals surface area contributed by atoms with Crippen LogP contribution in [0.25, 0.3) is 0 Å². The molecule has 0 saturated heterocycles. The molecule has 0 bridgehead atoms. The van der Waals surface area contributed by atoms with Crippen molar-refractivity contribution < 1.29 is 5.11 Å². The van der Waals surface area contributed by atoms with Crippen LogP contribution in [-0.2, 0) is 6.42 Å². The number of pyridine rings is 1. The monoisotopic (exact) mass is 234 g/mol. The van der Waals surface area contributed by atoms with Crippen LogP contribution in [0.5, 0.6) is 0 Å². The highest BCUT2D eigenvalue weighted by molar-refractivity contribution is 5.09. The van der Waals surface area contributed by atoms with Gasteiger partial charge in [0.15, 0.2) is 0 Å². The number of aromatic nitrogens is 1. The molecule has 1 fully saturated rings. The second-order valence-electron chi connectivity index (χ2n) is 4.94. The van der Waals surface area contributed by atoms with Gasteiger partial charge in [-0.25, -0.2) is 0 Å². The molecule has 1 saturated carbocycles. The van der Waals surface area contributed by atoms with E-state index >= 15 is 0 Å². The Bertz CT molecular complexity index is 315. The molecular formula is C14H22N2O. The fourth-order valence-electron chi connectivity index (χ4n) is 2.69. The van der Waals surface area contributed by atoms with E-state index in [1.807, 2.05) is 12.4 Å². The maximum absolute atomic E-state index is 9.24. The van der Waals surface area contributed by atoms with Gasteiger partial charge < -0.3 is 10.4 Å². The highest BCUT2D eigenvalue weighted by atomic mass is 16.3. The van der Waals surface area contributed by atoms with E-state index in [4.69, 9.17) is 0 Å². The van der Waals surface area contributed by atoms with Crippen molar-refractivity contribution in [3.63, 3.8) is 0 Å². The van der Waals surface area contributed by atoms with Crippen LogP contribution in [0.3, 0.4) is 0 Å². The standard InChI is InChI=1S/C14H22N2O/c17-11-14-3-1-2-13(14)10-16-9-6-12-4-7-15-8-5-12/h4-5,7-8,13-14,16-17H,1-3,6,9-11H2. The summed E-state index contributed by atoms with van der Waals surface area (Å²) in [6.07, 6.45) is 8.49. The molecule has 1 aromatic rings. The third-order valence-corrected chi connectivity index (χ3v) is 3.80. The molecule has 17 heavy (non-hydrogen) atoms. The lowest BCUT2D eigenvalue weighted by Gasteiger charge is -2.17. The number of hydrogen-bond donors (Lipinski definition) is 2. The van der Waals surface area contributed by atoms with E-state index in [-0.39, 0.29) is 0 Å². The Morgan fingerprint density at radius 3 is 2.76 bits per heavy atom. The first-order valence-electron chi connectivity index (χ1n) is 6.60. The van der Waals surface area contributed by atoms with E-state index in [1.54, 1.807) is 0 Å². The van der Waals surface area contributed by atoms with Gasteiger partial charge in [-0.1, -0.05) is 6.42 Å². The highest BCUT2D eigenvalue weighted by Gasteiger charge is 2.25. The zero-order chi connectivity index (χ0) is 11.9. The van der Waals surface area contributed by atoms with Crippen molar-refractivity contribution in [1.29, 1.82) is 0 Å². The number of nitrogens with zero attached hydrogens (tertiary/aromatic N) is 1. The van der Waals surface area contributed by atoms with E-state index in [9.17, 15) is 5.11 Å². The number of nitrogens with one attached hydrogen (secondary N) is 1. The molecule has 1 aliphatic carbocycles. The van der Waals surface area contributed by atoms with E-state index in [1.165, 1.54) is 24.8 Å². The van der Waals surface area contributed by atoms with Gasteiger partial charge in [-0.15, -0.1) is 0 Å². The quantitative estimate of drug-likeness (QED) is 0.735. The summed E-state index contributed by atoms with van der Waals surface area (Å²) >= 11 is 0. The molecule has 94 valence electrons. The van der Waals surface area contributed by atoms with Crippen LogP contribution in [0.2, 0.25) is 0 Å². The molecule has 0 radical (unpaired) electrons. The van der Waals surface area contributed by atoms with Crippen LogP contribution >= 0.6 is 0 Å². The fraction of sp³-hybridized carbons (Fsp3) is 0.643. The molecule has 0 aliphatic heterocycles. The summed E-state index contributed by atoms with van der Waals surface area (Å²) in [4.78, 5) is 4.01. The Balaban J connectivity index is 1.63. The predicted molar refractivity (Wildman–Crippen MR) is 68.7 cm³/mol. The van der Waals surface area contributed by atoms with Crippen LogP contribution in [0.15, 0.2) is 24.5 Å². The van der Waals surface area contributed by atoms with Crippen molar-refractivity contribution in [3.05, 3.63) is 30.1 Å². The first kappa shape index (κ1) is 12.5. The van der Waals surface area contributed by atoms with Gasteiger partial charge in [0.25, 0.3) is 0 Å². The van der Waals surface area contributed by atoms with E-state index < -0.39 is 0 Å². The van der Waals surface area contributed by atoms with Gasteiger partial charge in [0.05, 0.1) is 0 Å². The Morgan fingerprint density at radius 2 is 2.00 bits per heavy atom. The molecule has 0 aromatic carbocycles. The normalized spacial score (nSPS) is 24.1. The third kappa shape index (κ3) is 3.79. The molecule has 1 aromatic heterocycles. The van der Waals surface area contributed by atoms with Gasteiger partial charge in [-0.05, 0) is 61.9 Å². The van der Waals surface area contributed by atoms with Crippen LogP contribution < -0.4 is 5.32 Å². The maximum Gasteiger partial charge on any atom is 0.0462 e. The van der Waals surface area contributed by atoms with Crippen molar-refractivity contribution in [3.8, 4) is 0 Å². The minimum Gasteiger partial charge on any atom is -0.396 e. The van der Waals surface area contributed by atoms with E-state index in [2.05, 4.69) is 22.4 Å². The average Bonchev–Trinajstić information content (AvgIpc) is 2.83. The van der Waals surface area contributed by atoms with Crippen molar-refractivity contribution in [2.45, 2.75) is 25.7 Å². The minimum absolute atomic E-state index is 0.358. The molecule has 2 N–H and O–H groups in total. The summed E-state index contributed by atoms with van der Waals surface area (Å²) in [6, 6.07) is 4.13. The molecule has 1 heterocycles. The topological polar surface area (TPSA) is 45.1 Å². The lowest BCUT2D eigenvalue weighted by Crippen LogP contribution is -2.28. The van der Waals surface area contributed by atoms with Crippen molar-refractivity contribution in [1.82, 2.24) is 10.3 Å². The maximum atomic E-state index is 9.24. The average molecular weight is 234 g/mol. The van der Waals surface area contributed by atoms with Crippen LogP contribution in [0.4, 0.5) is 0 Å². The summed E-state index contributed by atoms with van der Waals surface area (Å²) in [7, 11) is 0. The zero-order valence-corrected chi connectivity index (χ0v) is 10.3. The van der Waals surface area contributed by atoms with Gasteiger partial charge in [0.1, 0.15) is 0 Å². The lowest BCUT2D eigenvalue weighted by molar-refractivity contribution is 0.192. The Kier molecular flexibility index (Phi) is 4.95. The SMILES string of the molecule is OCC1CCCC1CNCCc1ccncc1. The molecule has 2 atom stereocenters. The fourth-order valence-corrected chi connectivity index (χ4v) is 2.69. The number of hydrogen-bond acceptors (Lipinski definition) is 3. The largest absolute Gasteiger partial charge is 0.396 e. The first-order chi connectivity index (χ1) is 8.40. The van der Waals surface area contributed by atoms with E-state index in [0.29, 0.717) is 18.4 Å². The van der Waals surface area contributed by atoms with Crippen molar-refractivity contribution in [2.24, 2.45) is 11.8 Å². The second-order valence-corrected chi connectivity index (χ2v) is 4.94. The summed E-state index contributed by atoms with van der Waals surface area (Å²) in [5.41, 5.74) is 1.33. The molecule has 0 spiro atoms. The summed E-state index contributed by atoms with van der Waals surface area (Å²) in [5.74, 6) is 1.21. The smallest absolute Gasteiger partial charge is 0.0462 e. The Morgan fingerprint density at radius 1 is 1.24 bits per heavy atom. The summed E-state index contributed by atoms with van der Waals surface area (Å²) < 4.78 is 0. The van der Waals surface area contributed by atoms with Crippen LogP contribution in [0, 0.1) is 11.8 Å². The molecule has 3 heteroatoms. The molecule has 1 aliphatic rings. The van der Waals surface area contributed by atoms with Gasteiger partial charge >= 0.3 is 0 Å². The van der Waals surface area contributed by atoms with E-state index in [0.717, 1.165) is 19.5 Å². The van der Waals surface area contributed by atoms with Gasteiger partial charge in [0.2, 0.25) is 0 Å². The summed E-state index contributed by atoms with van der Waals surface area (Å²) in [6.45, 7) is 2.42. The van der Waals surface area contributed by atoms with Crippen LogP contribution in [0.1, 0.15) is 24.8 Å². The number of rotatable bonds is 6. The molecule has 2 unspecified atom stereocenters. The number of aliphatic hydroxyl groups excluding tert-OH is 1. The Hall–Kier alpha value is -0.930. The predicted octanol–water partition coefficient (Wildman–Crippen LogP) is 1.62. The lowest BCUT2D eigenvalue weighted by atomic mass is 9.97. The highest BCUT2D eigenvalue weighted by Crippen LogP contribution is 2.30. The van der Waals surface area contributed by atoms with Gasteiger partial charge in [-0.2, -0.15) is 0 Å². The van der Waals surface area contributed by atoms with Gasteiger partial charge in [0, 0.05) is 19.0 Å². The minimum atomic E-state index is 0.358. The number of aliphatic hydroxyl groups is 1. The molecule has 2 rings (SSSR count). The summed E-state index contributed by atoms with van der Waals surface area (Å²) in [5, 5.41) is 12.7. The molecule has 0 amide bonds. The third-order valence-electron chi connectivity index (χ3n) is 3.80. The van der Waals surface area contributed by atoms with Gasteiger partial charge in [-0.3, -0.25) is 4.98 Å². The second kappa shape index (κ2) is 6.72. The molecular weight excluding hydrogens is 212 g/mol. The molecule has 3 nitrogen and oxygen atoms in total. The van der Waals surface area contributed by atoms with Crippen molar-refractivity contribution >= 4 is 0 Å². The first-order valence-corrected chi connectivity index (χ1v) is 6.60. The Labute approximate surface area is 103 Å².